The van der Waals surface area contributed by atoms with Crippen molar-refractivity contribution < 1.29 is 4.79 Å². The van der Waals surface area contributed by atoms with Crippen molar-refractivity contribution in [2.24, 2.45) is 0 Å². The second-order valence-corrected chi connectivity index (χ2v) is 7.90. The Kier molecular flexibility index (Phi) is 8.01. The first kappa shape index (κ1) is 17.5. The van der Waals surface area contributed by atoms with Gasteiger partial charge in [-0.1, -0.05) is 62.1 Å². The molecule has 22 heavy (non-hydrogen) atoms. The minimum Gasteiger partial charge on any atom is -0.357 e. The number of thioether (sulfide) groups is 1. The second kappa shape index (κ2) is 10.0. The highest BCUT2D eigenvalue weighted by molar-refractivity contribution is 8.01. The summed E-state index contributed by atoms with van der Waals surface area (Å²) >= 11 is 3.02. The molecule has 1 heterocycles. The van der Waals surface area contributed by atoms with Gasteiger partial charge in [0.05, 0.1) is 5.75 Å². The Bertz CT molecular complexity index is 447. The predicted octanol–water partition coefficient (Wildman–Crippen LogP) is 3.68. The molecule has 0 atom stereocenters. The minimum atomic E-state index is 0.0816. The van der Waals surface area contributed by atoms with E-state index in [1.807, 2.05) is 0 Å². The van der Waals surface area contributed by atoms with E-state index in [-0.39, 0.29) is 5.91 Å². The number of carbonyl (C=O) groups is 1. The van der Waals surface area contributed by atoms with E-state index in [1.54, 1.807) is 11.3 Å². The van der Waals surface area contributed by atoms with Crippen molar-refractivity contribution in [3.8, 4) is 0 Å². The van der Waals surface area contributed by atoms with Gasteiger partial charge >= 0.3 is 0 Å². The molecule has 2 rings (SSSR count). The van der Waals surface area contributed by atoms with Crippen molar-refractivity contribution in [3.05, 3.63) is 0 Å². The third-order valence-electron chi connectivity index (χ3n) is 3.77. The molecule has 1 aromatic rings. The maximum Gasteiger partial charge on any atom is 0.230 e. The van der Waals surface area contributed by atoms with Gasteiger partial charge in [-0.05, 0) is 19.3 Å². The quantitative estimate of drug-likeness (QED) is 0.529. The molecule has 0 aliphatic heterocycles. The van der Waals surface area contributed by atoms with Gasteiger partial charge in [0.15, 0.2) is 4.34 Å². The number of carbonyl (C=O) groups excluding carboxylic acids is 1. The molecule has 0 unspecified atom stereocenters. The van der Waals surface area contributed by atoms with Gasteiger partial charge in [0, 0.05) is 12.6 Å². The van der Waals surface area contributed by atoms with Crippen LogP contribution in [0.2, 0.25) is 0 Å². The SMILES string of the molecule is CCCCCNC(=O)CSc1nnc(NC2CCCCC2)s1. The van der Waals surface area contributed by atoms with E-state index < -0.39 is 0 Å². The highest BCUT2D eigenvalue weighted by Gasteiger charge is 2.15. The van der Waals surface area contributed by atoms with Gasteiger partial charge in [-0.25, -0.2) is 0 Å². The third kappa shape index (κ3) is 6.52. The summed E-state index contributed by atoms with van der Waals surface area (Å²) < 4.78 is 0.863. The Balaban J connectivity index is 1.64. The molecule has 1 aromatic heterocycles. The maximum atomic E-state index is 11.7. The number of unbranched alkanes of at least 4 members (excludes halogenated alkanes) is 2. The van der Waals surface area contributed by atoms with E-state index in [0.717, 1.165) is 22.4 Å². The Morgan fingerprint density at radius 2 is 2.09 bits per heavy atom. The lowest BCUT2D eigenvalue weighted by molar-refractivity contribution is -0.118. The number of anilines is 1. The van der Waals surface area contributed by atoms with E-state index in [4.69, 9.17) is 0 Å². The number of hydrogen-bond donors (Lipinski definition) is 2. The van der Waals surface area contributed by atoms with Gasteiger partial charge in [0.1, 0.15) is 0 Å². The number of amides is 1. The van der Waals surface area contributed by atoms with Crippen molar-refractivity contribution in [2.45, 2.75) is 68.7 Å². The lowest BCUT2D eigenvalue weighted by Crippen LogP contribution is -2.26. The molecule has 1 fully saturated rings. The largest absolute Gasteiger partial charge is 0.357 e. The van der Waals surface area contributed by atoms with Crippen LogP contribution >= 0.6 is 23.1 Å². The van der Waals surface area contributed by atoms with Crippen molar-refractivity contribution in [1.29, 1.82) is 0 Å². The van der Waals surface area contributed by atoms with Crippen LogP contribution in [0, 0.1) is 0 Å². The topological polar surface area (TPSA) is 66.9 Å². The van der Waals surface area contributed by atoms with Gasteiger partial charge in [0.2, 0.25) is 11.0 Å². The van der Waals surface area contributed by atoms with Gasteiger partial charge in [-0.15, -0.1) is 10.2 Å². The van der Waals surface area contributed by atoms with Crippen LogP contribution in [0.15, 0.2) is 4.34 Å². The van der Waals surface area contributed by atoms with Crippen LogP contribution in [0.4, 0.5) is 5.13 Å². The third-order valence-corrected chi connectivity index (χ3v) is 5.76. The summed E-state index contributed by atoms with van der Waals surface area (Å²) in [5, 5.41) is 15.6. The molecule has 0 spiro atoms. The van der Waals surface area contributed by atoms with Crippen LogP contribution in [0.5, 0.6) is 0 Å². The average Bonchev–Trinajstić information content (AvgIpc) is 2.98. The highest BCUT2D eigenvalue weighted by Crippen LogP contribution is 2.28. The zero-order valence-electron chi connectivity index (χ0n) is 13.3. The molecule has 0 bridgehead atoms. The molecule has 7 heteroatoms. The van der Waals surface area contributed by atoms with Crippen LogP contribution in [0.25, 0.3) is 0 Å². The number of nitrogens with zero attached hydrogens (tertiary/aromatic N) is 2. The molecule has 1 amide bonds. The van der Waals surface area contributed by atoms with Gasteiger partial charge in [-0.3, -0.25) is 4.79 Å². The predicted molar refractivity (Wildman–Crippen MR) is 93.7 cm³/mol. The summed E-state index contributed by atoms with van der Waals surface area (Å²) in [4.78, 5) is 11.7. The van der Waals surface area contributed by atoms with Crippen molar-refractivity contribution in [1.82, 2.24) is 15.5 Å². The molecule has 0 saturated heterocycles. The maximum absolute atomic E-state index is 11.7. The fraction of sp³-hybridized carbons (Fsp3) is 0.800. The summed E-state index contributed by atoms with van der Waals surface area (Å²) in [7, 11) is 0. The molecular formula is C15H26N4OS2. The van der Waals surface area contributed by atoms with Crippen molar-refractivity contribution in [3.63, 3.8) is 0 Å². The summed E-state index contributed by atoms with van der Waals surface area (Å²) in [5.41, 5.74) is 0. The number of hydrogen-bond acceptors (Lipinski definition) is 6. The lowest BCUT2D eigenvalue weighted by atomic mass is 9.96. The van der Waals surface area contributed by atoms with Crippen LogP contribution < -0.4 is 10.6 Å². The van der Waals surface area contributed by atoms with Gasteiger partial charge in [0.25, 0.3) is 0 Å². The first-order valence-corrected chi connectivity index (χ1v) is 10.1. The summed E-state index contributed by atoms with van der Waals surface area (Å²) in [6, 6.07) is 0.543. The first-order valence-electron chi connectivity index (χ1n) is 8.27. The summed E-state index contributed by atoms with van der Waals surface area (Å²) in [5.74, 6) is 0.502. The van der Waals surface area contributed by atoms with E-state index >= 15 is 0 Å². The molecule has 0 radical (unpaired) electrons. The lowest BCUT2D eigenvalue weighted by Gasteiger charge is -2.21. The molecule has 1 saturated carbocycles. The fourth-order valence-corrected chi connectivity index (χ4v) is 4.19. The number of nitrogens with one attached hydrogen (secondary N) is 2. The molecule has 5 nitrogen and oxygen atoms in total. The zero-order valence-corrected chi connectivity index (χ0v) is 14.9. The summed E-state index contributed by atoms with van der Waals surface area (Å²) in [6.07, 6.45) is 9.80. The highest BCUT2D eigenvalue weighted by atomic mass is 32.2. The van der Waals surface area contributed by atoms with E-state index in [2.05, 4.69) is 27.8 Å². The number of rotatable bonds is 9. The Hall–Kier alpha value is -0.820. The van der Waals surface area contributed by atoms with E-state index in [1.165, 1.54) is 56.7 Å². The molecule has 1 aliphatic carbocycles. The molecular weight excluding hydrogens is 316 g/mol. The fourth-order valence-electron chi connectivity index (χ4n) is 2.53. The first-order chi connectivity index (χ1) is 10.8. The van der Waals surface area contributed by atoms with Gasteiger partial charge in [-0.2, -0.15) is 0 Å². The Labute approximate surface area is 141 Å². The van der Waals surface area contributed by atoms with E-state index in [0.29, 0.717) is 11.8 Å². The van der Waals surface area contributed by atoms with E-state index in [9.17, 15) is 4.79 Å². The van der Waals surface area contributed by atoms with Crippen LogP contribution in [-0.4, -0.2) is 34.4 Å². The van der Waals surface area contributed by atoms with Crippen LogP contribution in [0.3, 0.4) is 0 Å². The average molecular weight is 343 g/mol. The minimum absolute atomic E-state index is 0.0816. The molecule has 124 valence electrons. The normalized spacial score (nSPS) is 15.7. The number of aromatic nitrogens is 2. The van der Waals surface area contributed by atoms with Crippen molar-refractivity contribution >= 4 is 34.1 Å². The standard InChI is InChI=1S/C15H26N4OS2/c1-2-3-7-10-16-13(20)11-21-15-19-18-14(22-15)17-12-8-5-4-6-9-12/h12H,2-11H2,1H3,(H,16,20)(H,17,18). The summed E-state index contributed by atoms with van der Waals surface area (Å²) in [6.45, 7) is 2.93. The Morgan fingerprint density at radius 1 is 1.27 bits per heavy atom. The van der Waals surface area contributed by atoms with Crippen LogP contribution in [-0.2, 0) is 4.79 Å². The zero-order chi connectivity index (χ0) is 15.6. The van der Waals surface area contributed by atoms with Crippen LogP contribution in [0.1, 0.15) is 58.3 Å². The molecule has 2 N–H and O–H groups in total. The molecule has 1 aliphatic rings. The smallest absolute Gasteiger partial charge is 0.230 e. The molecule has 0 aromatic carbocycles. The monoisotopic (exact) mass is 342 g/mol. The van der Waals surface area contributed by atoms with Crippen molar-refractivity contribution in [2.75, 3.05) is 17.6 Å². The Morgan fingerprint density at radius 3 is 2.86 bits per heavy atom. The second-order valence-electron chi connectivity index (χ2n) is 5.70. The van der Waals surface area contributed by atoms with Gasteiger partial charge < -0.3 is 10.6 Å².